The first-order chi connectivity index (χ1) is 13.1. The monoisotopic (exact) mass is 404 g/mol. The van der Waals surface area contributed by atoms with Crippen molar-refractivity contribution >= 4 is 32.3 Å². The van der Waals surface area contributed by atoms with Crippen LogP contribution in [0.5, 0.6) is 5.75 Å². The van der Waals surface area contributed by atoms with Gasteiger partial charge in [-0.1, -0.05) is 35.9 Å². The molecular weight excluding hydrogens is 384 g/mol. The highest BCUT2D eigenvalue weighted by Gasteiger charge is 2.25. The van der Waals surface area contributed by atoms with Crippen LogP contribution in [0.2, 0.25) is 5.02 Å². The Labute approximate surface area is 163 Å². The van der Waals surface area contributed by atoms with E-state index in [-0.39, 0.29) is 14.8 Å². The van der Waals surface area contributed by atoms with Gasteiger partial charge in [0.1, 0.15) is 12.4 Å². The Kier molecular flexibility index (Phi) is 5.12. The predicted octanol–water partition coefficient (Wildman–Crippen LogP) is 4.13. The first-order valence-corrected chi connectivity index (χ1v) is 10.9. The topological polar surface area (TPSA) is 62.4 Å². The fourth-order valence-corrected chi connectivity index (χ4v) is 5.45. The molecule has 0 amide bonds. The lowest BCUT2D eigenvalue weighted by Crippen LogP contribution is -2.25. The molecule has 1 saturated heterocycles. The molecule has 1 aliphatic heterocycles. The van der Waals surface area contributed by atoms with Crippen LogP contribution in [-0.4, -0.2) is 44.5 Å². The second kappa shape index (κ2) is 7.54. The molecule has 3 aromatic rings. The molecule has 1 aliphatic rings. The third-order valence-electron chi connectivity index (χ3n) is 4.92. The van der Waals surface area contributed by atoms with Crippen molar-refractivity contribution in [1.29, 1.82) is 0 Å². The predicted molar refractivity (Wildman–Crippen MR) is 106 cm³/mol. The highest BCUT2D eigenvalue weighted by Crippen LogP contribution is 2.34. The summed E-state index contributed by atoms with van der Waals surface area (Å²) in [5.41, 5.74) is 0.685. The van der Waals surface area contributed by atoms with Crippen molar-refractivity contribution < 1.29 is 13.2 Å². The maximum absolute atomic E-state index is 13.1. The normalized spacial score (nSPS) is 15.4. The van der Waals surface area contributed by atoms with E-state index >= 15 is 0 Å². The van der Waals surface area contributed by atoms with Gasteiger partial charge in [-0.2, -0.15) is 0 Å². The van der Waals surface area contributed by atoms with Crippen LogP contribution in [0.15, 0.2) is 58.5 Å². The third kappa shape index (κ3) is 3.57. The minimum Gasteiger partial charge on any atom is -0.490 e. The van der Waals surface area contributed by atoms with Crippen molar-refractivity contribution in [1.82, 2.24) is 9.88 Å². The zero-order chi connectivity index (χ0) is 18.9. The quantitative estimate of drug-likeness (QED) is 0.671. The number of rotatable bonds is 6. The number of halogens is 1. The van der Waals surface area contributed by atoms with Crippen LogP contribution in [0.3, 0.4) is 0 Å². The molecule has 1 fully saturated rings. The Hall–Kier alpha value is -2.02. The van der Waals surface area contributed by atoms with Gasteiger partial charge >= 0.3 is 0 Å². The van der Waals surface area contributed by atoms with Crippen LogP contribution >= 0.6 is 11.6 Å². The maximum Gasteiger partial charge on any atom is 0.210 e. The minimum atomic E-state index is -3.73. The lowest BCUT2D eigenvalue weighted by molar-refractivity contribution is 0.239. The van der Waals surface area contributed by atoms with E-state index in [0.29, 0.717) is 23.3 Å². The smallest absolute Gasteiger partial charge is 0.210 e. The number of aromatic nitrogens is 1. The number of para-hydroxylation sites is 1. The number of hydrogen-bond donors (Lipinski definition) is 1. The fraction of sp³-hybridized carbons (Fsp3) is 0.300. The Bertz CT molecular complexity index is 1060. The number of aromatic amines is 1. The van der Waals surface area contributed by atoms with Crippen molar-refractivity contribution in [2.75, 3.05) is 26.2 Å². The zero-order valence-electron chi connectivity index (χ0n) is 14.8. The number of nitrogens with zero attached hydrogens (tertiary/aromatic N) is 1. The van der Waals surface area contributed by atoms with Crippen molar-refractivity contribution in [3.8, 4) is 5.75 Å². The number of likely N-dealkylation sites (tertiary alicyclic amines) is 1. The Morgan fingerprint density at radius 3 is 2.59 bits per heavy atom. The zero-order valence-corrected chi connectivity index (χ0v) is 16.4. The van der Waals surface area contributed by atoms with E-state index in [0.717, 1.165) is 19.6 Å². The molecule has 0 unspecified atom stereocenters. The van der Waals surface area contributed by atoms with E-state index in [1.165, 1.54) is 25.1 Å². The molecule has 4 rings (SSSR count). The molecule has 5 nitrogen and oxygen atoms in total. The summed E-state index contributed by atoms with van der Waals surface area (Å²) >= 11 is 6.12. The van der Waals surface area contributed by atoms with Gasteiger partial charge in [0.05, 0.1) is 20.3 Å². The Morgan fingerprint density at radius 1 is 1.04 bits per heavy atom. The molecule has 2 heterocycles. The highest BCUT2D eigenvalue weighted by atomic mass is 35.5. The summed E-state index contributed by atoms with van der Waals surface area (Å²) in [7, 11) is -3.73. The Balaban J connectivity index is 1.63. The molecule has 142 valence electrons. The average molecular weight is 405 g/mol. The standard InChI is InChI=1S/C20H21ClN2O3S/c21-16-7-1-2-9-18(16)27(24,25)19-14-22-20-15(19)6-5-8-17(20)26-13-12-23-10-3-4-11-23/h1-2,5-9,14,22H,3-4,10-13H2. The Morgan fingerprint density at radius 2 is 1.81 bits per heavy atom. The van der Waals surface area contributed by atoms with Crippen LogP contribution < -0.4 is 4.74 Å². The number of sulfone groups is 1. The molecule has 0 aliphatic carbocycles. The van der Waals surface area contributed by atoms with Crippen LogP contribution in [0, 0.1) is 0 Å². The van der Waals surface area contributed by atoms with Crippen LogP contribution in [0.4, 0.5) is 0 Å². The number of benzene rings is 2. The third-order valence-corrected chi connectivity index (χ3v) is 7.21. The molecule has 2 aromatic carbocycles. The first kappa shape index (κ1) is 18.3. The van der Waals surface area contributed by atoms with Crippen LogP contribution in [0.1, 0.15) is 12.8 Å². The van der Waals surface area contributed by atoms with E-state index in [1.54, 1.807) is 24.3 Å². The summed E-state index contributed by atoms with van der Waals surface area (Å²) in [4.78, 5) is 5.76. The van der Waals surface area contributed by atoms with Gasteiger partial charge in [-0.05, 0) is 44.1 Å². The van der Waals surface area contributed by atoms with Crippen molar-refractivity contribution in [2.45, 2.75) is 22.6 Å². The average Bonchev–Trinajstić information content (AvgIpc) is 3.32. The summed E-state index contributed by atoms with van der Waals surface area (Å²) in [5.74, 6) is 0.660. The lowest BCUT2D eigenvalue weighted by Gasteiger charge is -2.15. The molecule has 0 bridgehead atoms. The second-order valence-corrected chi connectivity index (χ2v) is 8.96. The van der Waals surface area contributed by atoms with E-state index in [4.69, 9.17) is 16.3 Å². The van der Waals surface area contributed by atoms with Gasteiger partial charge in [-0.25, -0.2) is 8.42 Å². The largest absolute Gasteiger partial charge is 0.490 e. The molecule has 7 heteroatoms. The molecule has 1 aromatic heterocycles. The van der Waals surface area contributed by atoms with Crippen molar-refractivity contribution in [3.63, 3.8) is 0 Å². The number of hydrogen-bond acceptors (Lipinski definition) is 4. The van der Waals surface area contributed by atoms with Gasteiger partial charge in [0.2, 0.25) is 9.84 Å². The van der Waals surface area contributed by atoms with Gasteiger partial charge < -0.3 is 9.72 Å². The van der Waals surface area contributed by atoms with Crippen molar-refractivity contribution in [2.24, 2.45) is 0 Å². The summed E-state index contributed by atoms with van der Waals surface area (Å²) in [6.07, 6.45) is 4.00. The number of fused-ring (bicyclic) bond motifs is 1. The molecule has 0 spiro atoms. The van der Waals surface area contributed by atoms with Gasteiger partial charge in [0, 0.05) is 18.1 Å². The molecular formula is C20H21ClN2O3S. The summed E-state index contributed by atoms with van der Waals surface area (Å²) in [6, 6.07) is 11.9. The summed E-state index contributed by atoms with van der Waals surface area (Å²) in [5, 5.41) is 0.818. The van der Waals surface area contributed by atoms with Crippen LogP contribution in [-0.2, 0) is 9.84 Å². The SMILES string of the molecule is O=S(=O)(c1ccccc1Cl)c1c[nH]c2c(OCCN3CCCC3)cccc12. The van der Waals surface area contributed by atoms with Crippen LogP contribution in [0.25, 0.3) is 10.9 Å². The summed E-state index contributed by atoms with van der Waals surface area (Å²) in [6.45, 7) is 3.69. The number of nitrogens with one attached hydrogen (secondary N) is 1. The fourth-order valence-electron chi connectivity index (χ4n) is 3.52. The van der Waals surface area contributed by atoms with E-state index in [1.807, 2.05) is 12.1 Å². The van der Waals surface area contributed by atoms with E-state index in [9.17, 15) is 8.42 Å². The highest BCUT2D eigenvalue weighted by molar-refractivity contribution is 7.91. The molecule has 0 saturated carbocycles. The maximum atomic E-state index is 13.1. The van der Waals surface area contributed by atoms with Crippen molar-refractivity contribution in [3.05, 3.63) is 53.7 Å². The van der Waals surface area contributed by atoms with E-state index < -0.39 is 9.84 Å². The van der Waals surface area contributed by atoms with E-state index in [2.05, 4.69) is 9.88 Å². The molecule has 1 N–H and O–H groups in total. The minimum absolute atomic E-state index is 0.105. The van der Waals surface area contributed by atoms with Gasteiger partial charge in [-0.15, -0.1) is 0 Å². The first-order valence-electron chi connectivity index (χ1n) is 9.02. The van der Waals surface area contributed by atoms with Gasteiger partial charge in [0.25, 0.3) is 0 Å². The molecule has 0 atom stereocenters. The second-order valence-electron chi connectivity index (χ2n) is 6.66. The molecule has 27 heavy (non-hydrogen) atoms. The van der Waals surface area contributed by atoms with Gasteiger partial charge in [0.15, 0.2) is 0 Å². The molecule has 0 radical (unpaired) electrons. The number of ether oxygens (including phenoxy) is 1. The summed E-state index contributed by atoms with van der Waals surface area (Å²) < 4.78 is 32.1. The van der Waals surface area contributed by atoms with Gasteiger partial charge in [-0.3, -0.25) is 4.90 Å². The lowest BCUT2D eigenvalue weighted by atomic mass is 10.2. The number of H-pyrrole nitrogens is 1.